The third-order valence-electron chi connectivity index (χ3n) is 4.40. The van der Waals surface area contributed by atoms with Crippen molar-refractivity contribution in [1.82, 2.24) is 14.5 Å². The maximum Gasteiger partial charge on any atom is 0.272 e. The monoisotopic (exact) mass is 392 g/mol. The second-order valence-electron chi connectivity index (χ2n) is 6.37. The molecule has 0 radical (unpaired) electrons. The molecule has 0 aliphatic rings. The molecule has 0 aliphatic heterocycles. The van der Waals surface area contributed by atoms with E-state index in [0.717, 1.165) is 10.2 Å². The smallest absolute Gasteiger partial charge is 0.272 e. The highest BCUT2D eigenvalue weighted by Gasteiger charge is 2.16. The molecular formula is C20H16N4O3S. The standard InChI is InChI=1S/C20H16N4O3S/c1-11(25)13-5-3-6-14(9-13)23-16(26)10-24-12(2)22-17-15-7-4-8-21-19(15)28-18(17)20(24)27/h3-9H,10H2,1-2H3,(H,23,26). The van der Waals surface area contributed by atoms with Gasteiger partial charge in [0.15, 0.2) is 5.78 Å². The Hall–Kier alpha value is -3.39. The number of aromatic nitrogens is 3. The number of anilines is 1. The van der Waals surface area contributed by atoms with Gasteiger partial charge in [-0.15, -0.1) is 11.3 Å². The second-order valence-corrected chi connectivity index (χ2v) is 7.37. The Bertz CT molecular complexity index is 1310. The van der Waals surface area contributed by atoms with Crippen molar-refractivity contribution in [1.29, 1.82) is 0 Å². The lowest BCUT2D eigenvalue weighted by Gasteiger charge is -2.10. The Morgan fingerprint density at radius 3 is 2.82 bits per heavy atom. The van der Waals surface area contributed by atoms with Crippen LogP contribution in [0.15, 0.2) is 47.4 Å². The van der Waals surface area contributed by atoms with Gasteiger partial charge < -0.3 is 5.32 Å². The number of nitrogens with one attached hydrogen (secondary N) is 1. The van der Waals surface area contributed by atoms with E-state index in [9.17, 15) is 14.4 Å². The predicted molar refractivity (Wildman–Crippen MR) is 109 cm³/mol. The highest BCUT2D eigenvalue weighted by atomic mass is 32.1. The largest absolute Gasteiger partial charge is 0.325 e. The maximum absolute atomic E-state index is 12.9. The number of ketones is 1. The lowest BCUT2D eigenvalue weighted by atomic mass is 10.1. The van der Waals surface area contributed by atoms with Crippen LogP contribution in [0.5, 0.6) is 0 Å². The number of benzene rings is 1. The van der Waals surface area contributed by atoms with E-state index in [0.29, 0.717) is 27.3 Å². The van der Waals surface area contributed by atoms with Gasteiger partial charge in [-0.05, 0) is 38.1 Å². The number of amides is 1. The molecule has 0 aliphatic carbocycles. The molecule has 0 bridgehead atoms. The van der Waals surface area contributed by atoms with E-state index < -0.39 is 0 Å². The molecule has 7 nitrogen and oxygen atoms in total. The van der Waals surface area contributed by atoms with Crippen LogP contribution in [0.4, 0.5) is 5.69 Å². The number of nitrogens with zero attached hydrogens (tertiary/aromatic N) is 3. The summed E-state index contributed by atoms with van der Waals surface area (Å²) in [7, 11) is 0. The first-order chi connectivity index (χ1) is 13.4. The molecule has 4 aromatic rings. The average Bonchev–Trinajstić information content (AvgIpc) is 3.04. The van der Waals surface area contributed by atoms with Crippen LogP contribution in [-0.2, 0) is 11.3 Å². The van der Waals surface area contributed by atoms with Crippen molar-refractivity contribution in [3.05, 3.63) is 64.3 Å². The molecule has 0 unspecified atom stereocenters. The summed E-state index contributed by atoms with van der Waals surface area (Å²) in [5.41, 5.74) is 1.36. The first-order valence-corrected chi connectivity index (χ1v) is 9.41. The van der Waals surface area contributed by atoms with E-state index in [1.54, 1.807) is 43.5 Å². The summed E-state index contributed by atoms with van der Waals surface area (Å²) in [6.07, 6.45) is 1.67. The van der Waals surface area contributed by atoms with Crippen LogP contribution >= 0.6 is 11.3 Å². The van der Waals surface area contributed by atoms with Gasteiger partial charge in [-0.3, -0.25) is 19.0 Å². The third-order valence-corrected chi connectivity index (χ3v) is 5.49. The Morgan fingerprint density at radius 2 is 2.04 bits per heavy atom. The van der Waals surface area contributed by atoms with Gasteiger partial charge in [0, 0.05) is 22.8 Å². The Kier molecular flexibility index (Phi) is 4.48. The molecule has 8 heteroatoms. The van der Waals surface area contributed by atoms with Gasteiger partial charge in [0.25, 0.3) is 5.56 Å². The molecule has 0 fully saturated rings. The predicted octanol–water partition coefficient (Wildman–Crippen LogP) is 3.16. The van der Waals surface area contributed by atoms with Crippen molar-refractivity contribution in [2.75, 3.05) is 5.32 Å². The van der Waals surface area contributed by atoms with Crippen molar-refractivity contribution >= 4 is 49.1 Å². The second kappa shape index (κ2) is 6.97. The summed E-state index contributed by atoms with van der Waals surface area (Å²) in [5, 5.41) is 3.56. The van der Waals surface area contributed by atoms with Crippen LogP contribution in [0.1, 0.15) is 23.1 Å². The Balaban J connectivity index is 1.67. The van der Waals surface area contributed by atoms with Crippen LogP contribution < -0.4 is 10.9 Å². The van der Waals surface area contributed by atoms with E-state index in [-0.39, 0.29) is 23.8 Å². The molecule has 3 aromatic heterocycles. The van der Waals surface area contributed by atoms with Gasteiger partial charge >= 0.3 is 0 Å². The lowest BCUT2D eigenvalue weighted by molar-refractivity contribution is -0.116. The molecule has 0 spiro atoms. The average molecular weight is 392 g/mol. The minimum absolute atomic E-state index is 0.0869. The zero-order chi connectivity index (χ0) is 19.8. The highest BCUT2D eigenvalue weighted by molar-refractivity contribution is 7.25. The van der Waals surface area contributed by atoms with Crippen LogP contribution in [0, 0.1) is 6.92 Å². The van der Waals surface area contributed by atoms with Crippen LogP contribution in [0.25, 0.3) is 20.4 Å². The Morgan fingerprint density at radius 1 is 1.21 bits per heavy atom. The van der Waals surface area contributed by atoms with E-state index in [4.69, 9.17) is 0 Å². The first kappa shape index (κ1) is 18.0. The van der Waals surface area contributed by atoms with Gasteiger partial charge in [-0.1, -0.05) is 12.1 Å². The summed E-state index contributed by atoms with van der Waals surface area (Å²) in [6.45, 7) is 2.99. The van der Waals surface area contributed by atoms with Gasteiger partial charge in [-0.25, -0.2) is 9.97 Å². The first-order valence-electron chi connectivity index (χ1n) is 8.59. The zero-order valence-electron chi connectivity index (χ0n) is 15.2. The van der Waals surface area contributed by atoms with Crippen LogP contribution in [0.2, 0.25) is 0 Å². The minimum atomic E-state index is -0.369. The SMILES string of the molecule is CC(=O)c1cccc(NC(=O)Cn2c(C)nc3c(sc4ncccc43)c2=O)c1. The number of aryl methyl sites for hydroxylation is 1. The lowest BCUT2D eigenvalue weighted by Crippen LogP contribution is -2.29. The van der Waals surface area contributed by atoms with E-state index in [1.165, 1.54) is 22.8 Å². The summed E-state index contributed by atoms with van der Waals surface area (Å²) >= 11 is 1.27. The number of rotatable bonds is 4. The maximum atomic E-state index is 12.9. The molecule has 0 saturated carbocycles. The number of carbonyl (C=O) groups is 2. The fraction of sp³-hybridized carbons (Fsp3) is 0.150. The Labute approximate surface area is 163 Å². The van der Waals surface area contributed by atoms with Crippen LogP contribution in [0.3, 0.4) is 0 Å². The quantitative estimate of drug-likeness (QED) is 0.539. The molecule has 1 amide bonds. The number of fused-ring (bicyclic) bond motifs is 3. The van der Waals surface area contributed by atoms with Gasteiger partial charge in [0.2, 0.25) is 5.91 Å². The number of thiophene rings is 1. The summed E-state index contributed by atoms with van der Waals surface area (Å²) in [4.78, 5) is 46.5. The van der Waals surface area contributed by atoms with Crippen molar-refractivity contribution in [3.63, 3.8) is 0 Å². The molecule has 1 aromatic carbocycles. The van der Waals surface area contributed by atoms with Gasteiger partial charge in [-0.2, -0.15) is 0 Å². The molecule has 140 valence electrons. The summed E-state index contributed by atoms with van der Waals surface area (Å²) in [5.74, 6) is -0.00355. The fourth-order valence-electron chi connectivity index (χ4n) is 3.01. The van der Waals surface area contributed by atoms with Gasteiger partial charge in [0.1, 0.15) is 21.9 Å². The van der Waals surface area contributed by atoms with Crippen molar-refractivity contribution in [3.8, 4) is 0 Å². The summed E-state index contributed by atoms with van der Waals surface area (Å²) < 4.78 is 1.83. The normalized spacial score (nSPS) is 11.1. The van der Waals surface area contributed by atoms with E-state index in [1.807, 2.05) is 6.07 Å². The zero-order valence-corrected chi connectivity index (χ0v) is 16.0. The molecule has 0 saturated heterocycles. The van der Waals surface area contributed by atoms with Crippen molar-refractivity contribution in [2.45, 2.75) is 20.4 Å². The number of hydrogen-bond donors (Lipinski definition) is 1. The number of pyridine rings is 1. The molecule has 1 N–H and O–H groups in total. The number of carbonyl (C=O) groups excluding carboxylic acids is 2. The van der Waals surface area contributed by atoms with Gasteiger partial charge in [0.05, 0.1) is 5.52 Å². The molecule has 0 atom stereocenters. The molecule has 28 heavy (non-hydrogen) atoms. The van der Waals surface area contributed by atoms with E-state index in [2.05, 4.69) is 15.3 Å². The number of hydrogen-bond acceptors (Lipinski definition) is 6. The van der Waals surface area contributed by atoms with Crippen LogP contribution in [-0.4, -0.2) is 26.2 Å². The van der Waals surface area contributed by atoms with Crippen molar-refractivity contribution in [2.24, 2.45) is 0 Å². The molecular weight excluding hydrogens is 376 g/mol. The highest BCUT2D eigenvalue weighted by Crippen LogP contribution is 2.28. The third kappa shape index (κ3) is 3.18. The minimum Gasteiger partial charge on any atom is -0.325 e. The summed E-state index contributed by atoms with van der Waals surface area (Å²) in [6, 6.07) is 10.4. The molecule has 4 rings (SSSR count). The fourth-order valence-corrected chi connectivity index (χ4v) is 4.04. The number of Topliss-reactive ketones (excluding diaryl/α,β-unsaturated/α-hetero) is 1. The topological polar surface area (TPSA) is 93.9 Å². The molecule has 3 heterocycles. The van der Waals surface area contributed by atoms with Crippen molar-refractivity contribution < 1.29 is 9.59 Å². The van der Waals surface area contributed by atoms with E-state index >= 15 is 0 Å².